The first kappa shape index (κ1) is 26.6. The maximum atomic E-state index is 12.6. The number of aryl methyl sites for hydroxylation is 1. The summed E-state index contributed by atoms with van der Waals surface area (Å²) in [6.07, 6.45) is 2.52. The minimum Gasteiger partial charge on any atom is -0.492 e. The van der Waals surface area contributed by atoms with Crippen LogP contribution in [0, 0.1) is 13.8 Å². The third-order valence-electron chi connectivity index (χ3n) is 5.16. The number of benzene rings is 2. The summed E-state index contributed by atoms with van der Waals surface area (Å²) in [6, 6.07) is 13.9. The molecule has 0 aliphatic rings. The van der Waals surface area contributed by atoms with Gasteiger partial charge in [-0.25, -0.2) is 13.8 Å². The fourth-order valence-electron chi connectivity index (χ4n) is 3.62. The molecule has 11 heteroatoms. The lowest BCUT2D eigenvalue weighted by Crippen LogP contribution is -2.39. The molecule has 0 aliphatic carbocycles. The molecule has 3 aromatic rings. The molecule has 2 aromatic carbocycles. The third-order valence-corrected chi connectivity index (χ3v) is 7.09. The predicted octanol–water partition coefficient (Wildman–Crippen LogP) is 4.72. The Hall–Kier alpha value is -3.01. The second kappa shape index (κ2) is 11.2. The minimum absolute atomic E-state index is 0.276. The van der Waals surface area contributed by atoms with Gasteiger partial charge in [0.15, 0.2) is 0 Å². The number of anilines is 1. The predicted molar refractivity (Wildman–Crippen MR) is 141 cm³/mol. The zero-order chi connectivity index (χ0) is 25.8. The van der Waals surface area contributed by atoms with Crippen LogP contribution in [-0.2, 0) is 14.8 Å². The lowest BCUT2D eigenvalue weighted by molar-refractivity contribution is -0.119. The molecule has 35 heavy (non-hydrogen) atoms. The van der Waals surface area contributed by atoms with Crippen LogP contribution in [-0.4, -0.2) is 44.5 Å². The Morgan fingerprint density at radius 1 is 1.17 bits per heavy atom. The molecule has 0 unspecified atom stereocenters. The van der Waals surface area contributed by atoms with Crippen molar-refractivity contribution in [3.8, 4) is 11.4 Å². The lowest BCUT2D eigenvalue weighted by atomic mass is 10.2. The maximum Gasteiger partial charge on any atom is 0.260 e. The molecular weight excluding hydrogens is 511 g/mol. The van der Waals surface area contributed by atoms with Crippen molar-refractivity contribution in [2.75, 3.05) is 23.7 Å². The highest BCUT2D eigenvalue weighted by Gasteiger charge is 2.24. The molecule has 8 nitrogen and oxygen atoms in total. The molecule has 0 bridgehead atoms. The number of rotatable bonds is 9. The number of para-hydroxylation sites is 2. The van der Waals surface area contributed by atoms with E-state index in [1.54, 1.807) is 37.3 Å². The van der Waals surface area contributed by atoms with Crippen LogP contribution in [0.5, 0.6) is 5.75 Å². The van der Waals surface area contributed by atoms with Crippen molar-refractivity contribution in [3.63, 3.8) is 0 Å². The molecule has 0 atom stereocenters. The largest absolute Gasteiger partial charge is 0.492 e. The van der Waals surface area contributed by atoms with E-state index in [1.807, 2.05) is 36.6 Å². The quantitative estimate of drug-likeness (QED) is 0.316. The van der Waals surface area contributed by atoms with Crippen LogP contribution in [0.25, 0.3) is 5.69 Å². The number of nitrogens with zero attached hydrogens (tertiary/aromatic N) is 3. The number of sulfonamides is 1. The van der Waals surface area contributed by atoms with Crippen molar-refractivity contribution in [3.05, 3.63) is 75.5 Å². The first-order valence-corrected chi connectivity index (χ1v) is 13.3. The number of aromatic nitrogens is 1. The average molecular weight is 537 g/mol. The molecule has 0 aliphatic heterocycles. The van der Waals surface area contributed by atoms with Gasteiger partial charge in [-0.05, 0) is 51.1 Å². The van der Waals surface area contributed by atoms with Crippen LogP contribution in [0.2, 0.25) is 10.0 Å². The van der Waals surface area contributed by atoms with E-state index in [9.17, 15) is 13.2 Å². The lowest BCUT2D eigenvalue weighted by Gasteiger charge is -2.23. The Bertz CT molecular complexity index is 1370. The molecule has 1 heterocycles. The Kier molecular flexibility index (Phi) is 8.47. The Labute approximate surface area is 215 Å². The Balaban J connectivity index is 1.79. The van der Waals surface area contributed by atoms with Gasteiger partial charge in [-0.3, -0.25) is 9.10 Å². The first-order chi connectivity index (χ1) is 16.5. The maximum absolute atomic E-state index is 12.6. The molecule has 1 N–H and O–H groups in total. The summed E-state index contributed by atoms with van der Waals surface area (Å²) in [5, 5.41) is 4.90. The summed E-state index contributed by atoms with van der Waals surface area (Å²) in [7, 11) is -3.76. The molecule has 3 rings (SSSR count). The van der Waals surface area contributed by atoms with Gasteiger partial charge in [0.25, 0.3) is 5.91 Å². The van der Waals surface area contributed by atoms with Crippen LogP contribution in [0.15, 0.2) is 53.6 Å². The van der Waals surface area contributed by atoms with Crippen molar-refractivity contribution < 1.29 is 17.9 Å². The molecule has 186 valence electrons. The number of hydrogen-bond donors (Lipinski definition) is 1. The van der Waals surface area contributed by atoms with E-state index < -0.39 is 22.5 Å². The van der Waals surface area contributed by atoms with Gasteiger partial charge in [0.1, 0.15) is 12.3 Å². The summed E-state index contributed by atoms with van der Waals surface area (Å²) in [5.41, 5.74) is 5.89. The summed E-state index contributed by atoms with van der Waals surface area (Å²) in [5.74, 6) is -0.242. The van der Waals surface area contributed by atoms with E-state index in [-0.39, 0.29) is 5.69 Å². The number of carbonyl (C=O) groups excluding carboxylic acids is 1. The normalized spacial score (nSPS) is 11.6. The topological polar surface area (TPSA) is 93.0 Å². The van der Waals surface area contributed by atoms with Gasteiger partial charge < -0.3 is 9.30 Å². The molecule has 0 fully saturated rings. The van der Waals surface area contributed by atoms with E-state index in [2.05, 4.69) is 10.5 Å². The summed E-state index contributed by atoms with van der Waals surface area (Å²) in [4.78, 5) is 12.6. The van der Waals surface area contributed by atoms with E-state index >= 15 is 0 Å². The highest BCUT2D eigenvalue weighted by Crippen LogP contribution is 2.32. The van der Waals surface area contributed by atoms with Crippen molar-refractivity contribution >= 4 is 51.0 Å². The first-order valence-electron chi connectivity index (χ1n) is 10.7. The second-order valence-corrected chi connectivity index (χ2v) is 10.4. The van der Waals surface area contributed by atoms with Gasteiger partial charge in [0, 0.05) is 17.0 Å². The van der Waals surface area contributed by atoms with Crippen molar-refractivity contribution in [1.82, 2.24) is 9.99 Å². The fraction of sp³-hybridized carbons (Fsp3) is 0.250. The van der Waals surface area contributed by atoms with Crippen LogP contribution in [0.1, 0.15) is 23.9 Å². The molecule has 1 aromatic heterocycles. The van der Waals surface area contributed by atoms with Gasteiger partial charge in [0.2, 0.25) is 10.0 Å². The van der Waals surface area contributed by atoms with E-state index in [1.165, 1.54) is 6.21 Å². The third kappa shape index (κ3) is 6.17. The van der Waals surface area contributed by atoms with E-state index in [4.69, 9.17) is 27.9 Å². The van der Waals surface area contributed by atoms with Crippen LogP contribution in [0.3, 0.4) is 0 Å². The Morgan fingerprint density at radius 3 is 2.57 bits per heavy atom. The summed E-state index contributed by atoms with van der Waals surface area (Å²) < 4.78 is 33.3. The Morgan fingerprint density at radius 2 is 1.89 bits per heavy atom. The smallest absolute Gasteiger partial charge is 0.260 e. The second-order valence-electron chi connectivity index (χ2n) is 7.70. The highest BCUT2D eigenvalue weighted by molar-refractivity contribution is 7.92. The van der Waals surface area contributed by atoms with E-state index in [0.717, 1.165) is 33.2 Å². The number of hydrogen-bond acceptors (Lipinski definition) is 5. The number of nitrogens with one attached hydrogen (secondary N) is 1. The van der Waals surface area contributed by atoms with Crippen molar-refractivity contribution in [2.45, 2.75) is 20.8 Å². The zero-order valence-corrected chi connectivity index (χ0v) is 22.1. The van der Waals surface area contributed by atoms with E-state index in [0.29, 0.717) is 22.4 Å². The summed E-state index contributed by atoms with van der Waals surface area (Å²) >= 11 is 12.6. The highest BCUT2D eigenvalue weighted by atomic mass is 35.5. The molecule has 0 radical (unpaired) electrons. The molecule has 0 spiro atoms. The van der Waals surface area contributed by atoms with Crippen LogP contribution < -0.4 is 14.5 Å². The number of carbonyl (C=O) groups is 1. The van der Waals surface area contributed by atoms with Gasteiger partial charge in [0.05, 0.1) is 40.5 Å². The SMILES string of the molecule is CCOc1ccccc1N(CC(=O)N/N=C\c1cc(C)n(-c2cccc(Cl)c2Cl)c1C)S(C)(=O)=O. The number of hydrazone groups is 1. The molecule has 0 saturated carbocycles. The van der Waals surface area contributed by atoms with Gasteiger partial charge in [-0.1, -0.05) is 41.4 Å². The van der Waals surface area contributed by atoms with Crippen molar-refractivity contribution in [2.24, 2.45) is 5.10 Å². The van der Waals surface area contributed by atoms with Gasteiger partial charge in [-0.15, -0.1) is 0 Å². The monoisotopic (exact) mass is 536 g/mol. The van der Waals surface area contributed by atoms with Crippen LogP contribution >= 0.6 is 23.2 Å². The van der Waals surface area contributed by atoms with Crippen LogP contribution in [0.4, 0.5) is 5.69 Å². The number of halogens is 2. The average Bonchev–Trinajstić information content (AvgIpc) is 3.07. The fourth-order valence-corrected chi connectivity index (χ4v) is 4.86. The molecule has 0 saturated heterocycles. The summed E-state index contributed by atoms with van der Waals surface area (Å²) in [6.45, 7) is 5.49. The van der Waals surface area contributed by atoms with Crippen molar-refractivity contribution in [1.29, 1.82) is 0 Å². The number of ether oxygens (including phenoxy) is 1. The number of amides is 1. The standard InChI is InChI=1S/C24H26Cl2N4O4S/c1-5-34-22-12-7-6-10-20(22)29(35(4,32)33)15-23(31)28-27-14-18-13-16(2)30(17(18)3)21-11-8-9-19(25)24(21)26/h6-14H,5,15H2,1-4H3,(H,28,31)/b27-14-. The zero-order valence-electron chi connectivity index (χ0n) is 19.7. The van der Waals surface area contributed by atoms with Gasteiger partial charge in [-0.2, -0.15) is 5.10 Å². The van der Waals surface area contributed by atoms with Gasteiger partial charge >= 0.3 is 0 Å². The minimum atomic E-state index is -3.76. The molecule has 1 amide bonds. The molecular formula is C24H26Cl2N4O4S.